The smallest absolute Gasteiger partial charge is 0.216 e. The van der Waals surface area contributed by atoms with Gasteiger partial charge in [0.15, 0.2) is 0 Å². The Labute approximate surface area is 98.3 Å². The Balaban J connectivity index is 2.29. The summed E-state index contributed by atoms with van der Waals surface area (Å²) in [7, 11) is 0. The molecule has 1 aliphatic rings. The van der Waals surface area contributed by atoms with Crippen molar-refractivity contribution < 1.29 is 9.59 Å². The highest BCUT2D eigenvalue weighted by molar-refractivity contribution is 8.19. The third-order valence-corrected chi connectivity index (χ3v) is 5.19. The van der Waals surface area contributed by atoms with Crippen LogP contribution in [0, 0.1) is 0 Å². The van der Waals surface area contributed by atoms with Crippen molar-refractivity contribution in [3.8, 4) is 0 Å². The molecule has 1 saturated heterocycles. The lowest BCUT2D eigenvalue weighted by Gasteiger charge is -2.17. The molecule has 0 aliphatic carbocycles. The number of rotatable bonds is 4. The predicted molar refractivity (Wildman–Crippen MR) is 65.0 cm³/mol. The average Bonchev–Trinajstić information content (AvgIpc) is 2.58. The SMILES string of the molecule is CC(=O)NCC1SCSC1CNC(C)=O. The average molecular weight is 248 g/mol. The highest BCUT2D eigenvalue weighted by atomic mass is 32.2. The fraction of sp³-hybridized carbons (Fsp3) is 0.778. The molecular formula is C9H16N2O2S2. The van der Waals surface area contributed by atoms with Gasteiger partial charge in [0.2, 0.25) is 11.8 Å². The maximum atomic E-state index is 10.8. The second kappa shape index (κ2) is 6.27. The summed E-state index contributed by atoms with van der Waals surface area (Å²) in [4.78, 5) is 21.6. The Bertz CT molecular complexity index is 224. The molecule has 0 spiro atoms. The summed E-state index contributed by atoms with van der Waals surface area (Å²) in [6.07, 6.45) is 0. The van der Waals surface area contributed by atoms with Gasteiger partial charge in [0.25, 0.3) is 0 Å². The fourth-order valence-corrected chi connectivity index (χ4v) is 4.51. The quantitative estimate of drug-likeness (QED) is 0.758. The fourth-order valence-electron chi connectivity index (χ4n) is 1.30. The van der Waals surface area contributed by atoms with Crippen molar-refractivity contribution in [2.24, 2.45) is 0 Å². The lowest BCUT2D eigenvalue weighted by atomic mass is 10.3. The molecule has 86 valence electrons. The first-order valence-electron chi connectivity index (χ1n) is 4.81. The zero-order valence-corrected chi connectivity index (χ0v) is 10.5. The highest BCUT2D eigenvalue weighted by Crippen LogP contribution is 2.35. The minimum atomic E-state index is 0.00535. The molecule has 1 heterocycles. The Kier molecular flexibility index (Phi) is 5.31. The summed E-state index contributed by atoms with van der Waals surface area (Å²) in [6, 6.07) is 0. The van der Waals surface area contributed by atoms with Crippen molar-refractivity contribution >= 4 is 35.3 Å². The maximum Gasteiger partial charge on any atom is 0.216 e. The van der Waals surface area contributed by atoms with E-state index in [9.17, 15) is 9.59 Å². The largest absolute Gasteiger partial charge is 0.355 e. The molecule has 4 nitrogen and oxygen atoms in total. The molecule has 0 aromatic heterocycles. The van der Waals surface area contributed by atoms with Crippen molar-refractivity contribution in [3.05, 3.63) is 0 Å². The Morgan fingerprint density at radius 1 is 1.07 bits per heavy atom. The molecule has 2 unspecified atom stereocenters. The Morgan fingerprint density at radius 3 is 1.80 bits per heavy atom. The molecule has 2 N–H and O–H groups in total. The molecule has 15 heavy (non-hydrogen) atoms. The minimum absolute atomic E-state index is 0.00535. The number of carbonyl (C=O) groups is 2. The van der Waals surface area contributed by atoms with E-state index in [2.05, 4.69) is 10.6 Å². The van der Waals surface area contributed by atoms with Crippen LogP contribution in [0.25, 0.3) is 0 Å². The zero-order chi connectivity index (χ0) is 11.3. The Morgan fingerprint density at radius 2 is 1.47 bits per heavy atom. The van der Waals surface area contributed by atoms with Crippen LogP contribution in [-0.2, 0) is 9.59 Å². The second-order valence-electron chi connectivity index (χ2n) is 3.40. The Hall–Kier alpha value is -0.360. The van der Waals surface area contributed by atoms with E-state index in [4.69, 9.17) is 0 Å². The molecule has 1 rings (SSSR count). The van der Waals surface area contributed by atoms with E-state index in [1.165, 1.54) is 13.8 Å². The van der Waals surface area contributed by atoms with Crippen LogP contribution in [0.2, 0.25) is 0 Å². The van der Waals surface area contributed by atoms with Crippen LogP contribution in [0.4, 0.5) is 0 Å². The van der Waals surface area contributed by atoms with Crippen molar-refractivity contribution in [1.82, 2.24) is 10.6 Å². The standard InChI is InChI=1S/C9H16N2O2S2/c1-6(12)10-3-8-9(15-5-14-8)4-11-7(2)13/h8-9H,3-5H2,1-2H3,(H,10,12)(H,11,13). The van der Waals surface area contributed by atoms with Gasteiger partial charge >= 0.3 is 0 Å². The number of carbonyl (C=O) groups excluding carboxylic acids is 2. The third kappa shape index (κ3) is 4.79. The molecule has 0 radical (unpaired) electrons. The van der Waals surface area contributed by atoms with Gasteiger partial charge in [0.05, 0.1) is 0 Å². The van der Waals surface area contributed by atoms with Crippen molar-refractivity contribution in [2.75, 3.05) is 18.2 Å². The van der Waals surface area contributed by atoms with Crippen LogP contribution >= 0.6 is 23.5 Å². The maximum absolute atomic E-state index is 10.8. The van der Waals surface area contributed by atoms with E-state index in [0.29, 0.717) is 23.6 Å². The second-order valence-corrected chi connectivity index (χ2v) is 6.22. The first-order valence-corrected chi connectivity index (χ1v) is 6.91. The van der Waals surface area contributed by atoms with Crippen LogP contribution in [0.3, 0.4) is 0 Å². The van der Waals surface area contributed by atoms with Crippen LogP contribution in [0.5, 0.6) is 0 Å². The molecular weight excluding hydrogens is 232 g/mol. The van der Waals surface area contributed by atoms with Crippen LogP contribution in [0.1, 0.15) is 13.8 Å². The van der Waals surface area contributed by atoms with Gasteiger partial charge in [-0.1, -0.05) is 0 Å². The molecule has 6 heteroatoms. The lowest BCUT2D eigenvalue weighted by Crippen LogP contribution is -2.38. The summed E-state index contributed by atoms with van der Waals surface area (Å²) >= 11 is 3.68. The van der Waals surface area contributed by atoms with E-state index in [0.717, 1.165) is 5.08 Å². The van der Waals surface area contributed by atoms with E-state index < -0.39 is 0 Å². The van der Waals surface area contributed by atoms with Crippen LogP contribution < -0.4 is 10.6 Å². The van der Waals surface area contributed by atoms with Crippen LogP contribution in [-0.4, -0.2) is 40.5 Å². The van der Waals surface area contributed by atoms with Gasteiger partial charge in [0, 0.05) is 42.5 Å². The summed E-state index contributed by atoms with van der Waals surface area (Å²) in [6.45, 7) is 4.43. The molecule has 0 saturated carbocycles. The van der Waals surface area contributed by atoms with E-state index in [-0.39, 0.29) is 11.8 Å². The van der Waals surface area contributed by atoms with Crippen molar-refractivity contribution in [1.29, 1.82) is 0 Å². The lowest BCUT2D eigenvalue weighted by molar-refractivity contribution is -0.120. The molecule has 2 amide bonds. The minimum Gasteiger partial charge on any atom is -0.355 e. The first kappa shape index (κ1) is 12.7. The number of hydrogen-bond donors (Lipinski definition) is 2. The van der Waals surface area contributed by atoms with Gasteiger partial charge in [-0.15, -0.1) is 23.5 Å². The predicted octanol–water partition coefficient (Wildman–Crippen LogP) is 0.433. The van der Waals surface area contributed by atoms with Gasteiger partial charge in [0.1, 0.15) is 0 Å². The van der Waals surface area contributed by atoms with Gasteiger partial charge in [-0.2, -0.15) is 0 Å². The van der Waals surface area contributed by atoms with Gasteiger partial charge in [-0.3, -0.25) is 9.59 Å². The molecule has 2 atom stereocenters. The molecule has 0 aromatic rings. The highest BCUT2D eigenvalue weighted by Gasteiger charge is 2.28. The third-order valence-electron chi connectivity index (χ3n) is 2.08. The first-order chi connectivity index (χ1) is 7.09. The monoisotopic (exact) mass is 248 g/mol. The summed E-state index contributed by atoms with van der Waals surface area (Å²) in [5.74, 6) is 0.0107. The van der Waals surface area contributed by atoms with Gasteiger partial charge < -0.3 is 10.6 Å². The number of amides is 2. The molecule has 0 bridgehead atoms. The molecule has 0 aromatic carbocycles. The summed E-state index contributed by atoms with van der Waals surface area (Å²) < 4.78 is 0. The number of hydrogen-bond acceptors (Lipinski definition) is 4. The van der Waals surface area contributed by atoms with E-state index in [1.807, 2.05) is 23.5 Å². The van der Waals surface area contributed by atoms with Gasteiger partial charge in [-0.05, 0) is 0 Å². The number of nitrogens with one attached hydrogen (secondary N) is 2. The normalized spacial score (nSPS) is 24.9. The van der Waals surface area contributed by atoms with Crippen molar-refractivity contribution in [3.63, 3.8) is 0 Å². The van der Waals surface area contributed by atoms with E-state index >= 15 is 0 Å². The zero-order valence-electron chi connectivity index (χ0n) is 8.91. The summed E-state index contributed by atoms with van der Waals surface area (Å²) in [5.41, 5.74) is 0. The van der Waals surface area contributed by atoms with E-state index in [1.54, 1.807) is 0 Å². The van der Waals surface area contributed by atoms with Crippen LogP contribution in [0.15, 0.2) is 0 Å². The molecule has 1 aliphatic heterocycles. The van der Waals surface area contributed by atoms with Gasteiger partial charge in [-0.25, -0.2) is 0 Å². The summed E-state index contributed by atoms with van der Waals surface area (Å²) in [5, 5.41) is 7.49. The van der Waals surface area contributed by atoms with Crippen molar-refractivity contribution in [2.45, 2.75) is 24.3 Å². The molecule has 1 fully saturated rings. The topological polar surface area (TPSA) is 58.2 Å². The number of thioether (sulfide) groups is 2.